The lowest BCUT2D eigenvalue weighted by Gasteiger charge is -2.26. The molecule has 3 nitrogen and oxygen atoms in total. The van der Waals surface area contributed by atoms with E-state index in [-0.39, 0.29) is 5.91 Å². The highest BCUT2D eigenvalue weighted by Gasteiger charge is 2.17. The van der Waals surface area contributed by atoms with Crippen LogP contribution in [0, 0.1) is 11.8 Å². The summed E-state index contributed by atoms with van der Waals surface area (Å²) in [7, 11) is 0. The number of benzene rings is 1. The van der Waals surface area contributed by atoms with Gasteiger partial charge in [0.25, 0.3) is 5.91 Å². The van der Waals surface area contributed by atoms with Gasteiger partial charge in [-0.3, -0.25) is 4.79 Å². The molecule has 0 saturated heterocycles. The van der Waals surface area contributed by atoms with Crippen LogP contribution in [0.2, 0.25) is 0 Å². The van der Waals surface area contributed by atoms with Gasteiger partial charge in [-0.25, -0.2) is 0 Å². The van der Waals surface area contributed by atoms with Crippen LogP contribution in [0.25, 0.3) is 0 Å². The van der Waals surface area contributed by atoms with Crippen molar-refractivity contribution in [3.63, 3.8) is 0 Å². The smallest absolute Gasteiger partial charge is 0.253 e. The molecule has 4 heteroatoms. The Labute approximate surface area is 133 Å². The predicted molar refractivity (Wildman–Crippen MR) is 92.5 cm³/mol. The number of nitrogens with two attached hydrogens (primary N) is 1. The zero-order valence-electron chi connectivity index (χ0n) is 13.4. The van der Waals surface area contributed by atoms with Crippen molar-refractivity contribution in [1.29, 1.82) is 0 Å². The van der Waals surface area contributed by atoms with Gasteiger partial charge in [0.15, 0.2) is 0 Å². The molecule has 0 aliphatic rings. The number of amides is 1. The average Bonchev–Trinajstić information content (AvgIpc) is 2.36. The van der Waals surface area contributed by atoms with Crippen molar-refractivity contribution in [3.8, 4) is 0 Å². The molecule has 0 fully saturated rings. The summed E-state index contributed by atoms with van der Waals surface area (Å²) in [6.07, 6.45) is 0.575. The molecule has 0 saturated carbocycles. The zero-order valence-corrected chi connectivity index (χ0v) is 14.2. The molecule has 0 spiro atoms. The summed E-state index contributed by atoms with van der Waals surface area (Å²) in [4.78, 5) is 15.0. The van der Waals surface area contributed by atoms with Gasteiger partial charge in [0.05, 0.1) is 4.99 Å². The first-order valence-electron chi connectivity index (χ1n) is 7.46. The number of carbonyl (C=O) groups excluding carboxylic acids is 1. The lowest BCUT2D eigenvalue weighted by atomic mass is 10.1. The number of thiocarbonyl (C=S) groups is 1. The van der Waals surface area contributed by atoms with Crippen LogP contribution < -0.4 is 5.73 Å². The maximum Gasteiger partial charge on any atom is 0.253 e. The summed E-state index contributed by atoms with van der Waals surface area (Å²) in [5.41, 5.74) is 7.30. The fraction of sp³-hybridized carbons (Fsp3) is 0.529. The van der Waals surface area contributed by atoms with Crippen LogP contribution in [0.3, 0.4) is 0 Å². The molecule has 0 aromatic heterocycles. The quantitative estimate of drug-likeness (QED) is 0.786. The van der Waals surface area contributed by atoms with Crippen molar-refractivity contribution < 1.29 is 4.79 Å². The van der Waals surface area contributed by atoms with Crippen molar-refractivity contribution in [2.75, 3.05) is 13.1 Å². The second-order valence-corrected chi connectivity index (χ2v) is 6.86. The van der Waals surface area contributed by atoms with E-state index in [1.807, 2.05) is 29.2 Å². The fourth-order valence-electron chi connectivity index (χ4n) is 2.27. The molecule has 0 heterocycles. The van der Waals surface area contributed by atoms with E-state index < -0.39 is 0 Å². The van der Waals surface area contributed by atoms with Gasteiger partial charge in [-0.2, -0.15) is 0 Å². The van der Waals surface area contributed by atoms with E-state index in [2.05, 4.69) is 27.7 Å². The highest BCUT2D eigenvalue weighted by molar-refractivity contribution is 7.80. The minimum Gasteiger partial charge on any atom is -0.393 e. The highest BCUT2D eigenvalue weighted by atomic mass is 32.1. The highest BCUT2D eigenvalue weighted by Crippen LogP contribution is 2.12. The van der Waals surface area contributed by atoms with Gasteiger partial charge >= 0.3 is 0 Å². The van der Waals surface area contributed by atoms with Crippen LogP contribution in [-0.2, 0) is 6.42 Å². The molecule has 1 rings (SSSR count). The molecule has 116 valence electrons. The van der Waals surface area contributed by atoms with Crippen LogP contribution >= 0.6 is 12.2 Å². The first kappa shape index (κ1) is 17.6. The van der Waals surface area contributed by atoms with Crippen LogP contribution in [0.15, 0.2) is 24.3 Å². The van der Waals surface area contributed by atoms with Gasteiger partial charge in [-0.05, 0) is 29.5 Å². The maximum absolute atomic E-state index is 12.6. The fourth-order valence-corrected chi connectivity index (χ4v) is 2.44. The minimum atomic E-state index is 0.0966. The Balaban J connectivity index is 2.84. The van der Waals surface area contributed by atoms with E-state index in [4.69, 9.17) is 18.0 Å². The number of hydrogen-bond donors (Lipinski definition) is 1. The third-order valence-electron chi connectivity index (χ3n) is 3.04. The molecule has 0 bridgehead atoms. The number of carbonyl (C=O) groups is 1. The van der Waals surface area contributed by atoms with Crippen molar-refractivity contribution in [1.82, 2.24) is 4.90 Å². The van der Waals surface area contributed by atoms with E-state index in [0.29, 0.717) is 23.2 Å². The van der Waals surface area contributed by atoms with E-state index in [1.54, 1.807) is 0 Å². The summed E-state index contributed by atoms with van der Waals surface area (Å²) in [6, 6.07) is 7.58. The molecular weight excluding hydrogens is 280 g/mol. The van der Waals surface area contributed by atoms with Crippen LogP contribution in [0.5, 0.6) is 0 Å². The molecule has 2 N–H and O–H groups in total. The summed E-state index contributed by atoms with van der Waals surface area (Å²) in [5, 5.41) is 0. The van der Waals surface area contributed by atoms with Gasteiger partial charge in [0.1, 0.15) is 0 Å². The second kappa shape index (κ2) is 8.13. The largest absolute Gasteiger partial charge is 0.393 e. The Kier molecular flexibility index (Phi) is 6.82. The lowest BCUT2D eigenvalue weighted by molar-refractivity contribution is 0.0715. The van der Waals surface area contributed by atoms with Gasteiger partial charge in [-0.15, -0.1) is 0 Å². The topological polar surface area (TPSA) is 46.3 Å². The molecule has 0 aliphatic heterocycles. The molecule has 0 radical (unpaired) electrons. The maximum atomic E-state index is 12.6. The molecular formula is C17H26N2OS. The Bertz CT molecular complexity index is 470. The van der Waals surface area contributed by atoms with E-state index in [9.17, 15) is 4.79 Å². The van der Waals surface area contributed by atoms with Gasteiger partial charge in [0, 0.05) is 25.1 Å². The van der Waals surface area contributed by atoms with Crippen LogP contribution in [0.4, 0.5) is 0 Å². The summed E-state index contributed by atoms with van der Waals surface area (Å²) < 4.78 is 0. The predicted octanol–water partition coefficient (Wildman–Crippen LogP) is 3.27. The third kappa shape index (κ3) is 6.25. The Morgan fingerprint density at radius 3 is 1.95 bits per heavy atom. The summed E-state index contributed by atoms with van der Waals surface area (Å²) >= 11 is 4.90. The van der Waals surface area contributed by atoms with Crippen molar-refractivity contribution in [2.45, 2.75) is 34.1 Å². The second-order valence-electron chi connectivity index (χ2n) is 6.34. The van der Waals surface area contributed by atoms with Crippen molar-refractivity contribution in [3.05, 3.63) is 35.4 Å². The van der Waals surface area contributed by atoms with Gasteiger partial charge < -0.3 is 10.6 Å². The number of rotatable bonds is 7. The van der Waals surface area contributed by atoms with Gasteiger partial charge in [0.2, 0.25) is 0 Å². The van der Waals surface area contributed by atoms with E-state index >= 15 is 0 Å². The van der Waals surface area contributed by atoms with E-state index in [0.717, 1.165) is 24.2 Å². The molecule has 0 atom stereocenters. The normalized spacial score (nSPS) is 11.0. The Hall–Kier alpha value is -1.42. The Morgan fingerprint density at radius 2 is 1.57 bits per heavy atom. The molecule has 21 heavy (non-hydrogen) atoms. The summed E-state index contributed by atoms with van der Waals surface area (Å²) in [6.45, 7) is 10.1. The van der Waals surface area contributed by atoms with Crippen molar-refractivity contribution in [2.24, 2.45) is 17.6 Å². The van der Waals surface area contributed by atoms with Gasteiger partial charge in [-0.1, -0.05) is 52.0 Å². The number of hydrogen-bond acceptors (Lipinski definition) is 2. The lowest BCUT2D eigenvalue weighted by Crippen LogP contribution is -2.37. The molecule has 1 amide bonds. The van der Waals surface area contributed by atoms with Crippen molar-refractivity contribution >= 4 is 23.1 Å². The van der Waals surface area contributed by atoms with Crippen LogP contribution in [-0.4, -0.2) is 28.9 Å². The first-order chi connectivity index (χ1) is 9.79. The van der Waals surface area contributed by atoms with E-state index in [1.165, 1.54) is 0 Å². The zero-order chi connectivity index (χ0) is 16.0. The standard InChI is InChI=1S/C17H26N2OS/c1-12(2)10-19(11-13(3)4)17(20)15-7-5-14(6-8-15)9-16(18)21/h5-8,12-13H,9-11H2,1-4H3,(H2,18,21). The third-order valence-corrected chi connectivity index (χ3v) is 3.18. The Morgan fingerprint density at radius 1 is 1.10 bits per heavy atom. The molecule has 1 aromatic rings. The SMILES string of the molecule is CC(C)CN(CC(C)C)C(=O)c1ccc(CC(N)=S)cc1. The molecule has 0 unspecified atom stereocenters. The first-order valence-corrected chi connectivity index (χ1v) is 7.87. The molecule has 0 aliphatic carbocycles. The average molecular weight is 306 g/mol. The monoisotopic (exact) mass is 306 g/mol. The minimum absolute atomic E-state index is 0.0966. The summed E-state index contributed by atoms with van der Waals surface area (Å²) in [5.74, 6) is 1.02. The van der Waals surface area contributed by atoms with Crippen LogP contribution in [0.1, 0.15) is 43.6 Å². The number of nitrogens with zero attached hydrogens (tertiary/aromatic N) is 1. The molecule has 1 aromatic carbocycles.